The van der Waals surface area contributed by atoms with E-state index in [0.717, 1.165) is 54.9 Å². The van der Waals surface area contributed by atoms with Crippen molar-refractivity contribution < 1.29 is 28.5 Å². The molecule has 0 heterocycles. The van der Waals surface area contributed by atoms with Crippen LogP contribution in [0.3, 0.4) is 0 Å². The summed E-state index contributed by atoms with van der Waals surface area (Å²) in [6, 6.07) is 25.1. The maximum Gasteiger partial charge on any atom is 0.313 e. The Hall–Kier alpha value is -5.10. The van der Waals surface area contributed by atoms with Crippen molar-refractivity contribution in [1.29, 1.82) is 0 Å². The number of esters is 2. The molecule has 0 saturated heterocycles. The van der Waals surface area contributed by atoms with Crippen LogP contribution in [0.2, 0.25) is 0 Å². The fourth-order valence-electron chi connectivity index (χ4n) is 5.28. The molecule has 0 aromatic heterocycles. The van der Waals surface area contributed by atoms with Gasteiger partial charge in [0.2, 0.25) is 0 Å². The Morgan fingerprint density at radius 1 is 0.583 bits per heavy atom. The highest BCUT2D eigenvalue weighted by atomic mass is 16.5. The Balaban J connectivity index is 1.75. The average molecular weight is 647 g/mol. The minimum absolute atomic E-state index is 0.236. The maximum absolute atomic E-state index is 12.2. The molecule has 0 unspecified atom stereocenters. The van der Waals surface area contributed by atoms with E-state index in [1.165, 1.54) is 0 Å². The van der Waals surface area contributed by atoms with Crippen LogP contribution in [0.25, 0.3) is 32.7 Å². The van der Waals surface area contributed by atoms with Gasteiger partial charge in [0, 0.05) is 11.1 Å². The lowest BCUT2D eigenvalue weighted by molar-refractivity contribution is -0.143. The molecule has 0 aliphatic carbocycles. The molecule has 0 amide bonds. The van der Waals surface area contributed by atoms with Crippen molar-refractivity contribution >= 4 is 33.5 Å². The van der Waals surface area contributed by atoms with E-state index in [-0.39, 0.29) is 23.8 Å². The maximum atomic E-state index is 12.2. The van der Waals surface area contributed by atoms with Crippen molar-refractivity contribution in [1.82, 2.24) is 0 Å². The SMILES string of the molecule is C/C=C(OC(=O)C(C)C)/C(C)=C/OCc1ccc2ccccc2c1-c1c(CO/C=C(C)/C(=C/C)OC(=O)C(C)C)ccc2ccccc12. The molecule has 6 nitrogen and oxygen atoms in total. The number of carbonyl (C=O) groups is 2. The van der Waals surface area contributed by atoms with Gasteiger partial charge < -0.3 is 18.9 Å². The van der Waals surface area contributed by atoms with Crippen molar-refractivity contribution in [2.45, 2.75) is 68.6 Å². The number of hydrogen-bond acceptors (Lipinski definition) is 6. The standard InChI is InChI=1S/C42H46O6/c1-9-37(47-41(43)27(3)4)29(7)23-45-25-33-21-19-31-15-11-13-17-35(31)39(33)40-34(22-20-32-16-12-14-18-36(32)40)26-46-24-30(8)38(10-2)48-42(44)28(5)6/h9-24,27-28H,25-26H2,1-8H3/b29-23+,30-24+,37-9-,38-10-. The smallest absolute Gasteiger partial charge is 0.313 e. The first-order valence-corrected chi connectivity index (χ1v) is 16.4. The molecule has 0 atom stereocenters. The summed E-state index contributed by atoms with van der Waals surface area (Å²) in [5.74, 6) is -0.100. The van der Waals surface area contributed by atoms with E-state index in [9.17, 15) is 9.59 Å². The Kier molecular flexibility index (Phi) is 12.4. The lowest BCUT2D eigenvalue weighted by Crippen LogP contribution is -2.12. The highest BCUT2D eigenvalue weighted by Gasteiger charge is 2.19. The predicted molar refractivity (Wildman–Crippen MR) is 193 cm³/mol. The van der Waals surface area contributed by atoms with Crippen LogP contribution in [-0.2, 0) is 41.8 Å². The number of benzene rings is 4. The van der Waals surface area contributed by atoms with Crippen molar-refractivity contribution in [3.8, 4) is 11.1 Å². The van der Waals surface area contributed by atoms with Crippen LogP contribution in [0.4, 0.5) is 0 Å². The molecular formula is C42H46O6. The normalized spacial score (nSPS) is 13.0. The fourth-order valence-corrected chi connectivity index (χ4v) is 5.28. The van der Waals surface area contributed by atoms with Gasteiger partial charge >= 0.3 is 11.9 Å². The van der Waals surface area contributed by atoms with Crippen LogP contribution in [0, 0.1) is 11.8 Å². The summed E-state index contributed by atoms with van der Waals surface area (Å²) in [5.41, 5.74) is 5.56. The Morgan fingerprint density at radius 2 is 0.958 bits per heavy atom. The quantitative estimate of drug-likeness (QED) is 0.0818. The third-order valence-corrected chi connectivity index (χ3v) is 7.94. The molecule has 0 aliphatic heterocycles. The molecule has 6 heteroatoms. The largest absolute Gasteiger partial charge is 0.496 e. The first-order chi connectivity index (χ1) is 23.0. The molecule has 0 aliphatic rings. The van der Waals surface area contributed by atoms with Crippen molar-refractivity contribution in [3.63, 3.8) is 0 Å². The van der Waals surface area contributed by atoms with Crippen LogP contribution in [0.1, 0.15) is 66.5 Å². The minimum Gasteiger partial charge on any atom is -0.496 e. The molecule has 4 rings (SSSR count). The van der Waals surface area contributed by atoms with E-state index in [4.69, 9.17) is 18.9 Å². The summed E-state index contributed by atoms with van der Waals surface area (Å²) >= 11 is 0. The van der Waals surface area contributed by atoms with Gasteiger partial charge in [0.05, 0.1) is 24.4 Å². The van der Waals surface area contributed by atoms with Gasteiger partial charge in [0.1, 0.15) is 24.7 Å². The molecule has 0 N–H and O–H groups in total. The number of fused-ring (bicyclic) bond motifs is 2. The van der Waals surface area contributed by atoms with E-state index >= 15 is 0 Å². The van der Waals surface area contributed by atoms with E-state index < -0.39 is 0 Å². The average Bonchev–Trinajstić information content (AvgIpc) is 3.08. The third-order valence-electron chi connectivity index (χ3n) is 7.94. The van der Waals surface area contributed by atoms with E-state index in [1.807, 2.05) is 52.0 Å². The summed E-state index contributed by atoms with van der Waals surface area (Å²) in [4.78, 5) is 24.5. The van der Waals surface area contributed by atoms with Crippen LogP contribution < -0.4 is 0 Å². The lowest BCUT2D eigenvalue weighted by Gasteiger charge is -2.19. The second-order valence-electron chi connectivity index (χ2n) is 12.3. The summed E-state index contributed by atoms with van der Waals surface area (Å²) < 4.78 is 23.5. The molecule has 0 spiro atoms. The molecule has 48 heavy (non-hydrogen) atoms. The van der Waals surface area contributed by atoms with Gasteiger partial charge in [-0.25, -0.2) is 0 Å². The molecule has 0 saturated carbocycles. The van der Waals surface area contributed by atoms with Gasteiger partial charge in [0.15, 0.2) is 0 Å². The molecule has 4 aromatic carbocycles. The molecule has 0 fully saturated rings. The zero-order valence-corrected chi connectivity index (χ0v) is 29.3. The summed E-state index contributed by atoms with van der Waals surface area (Å²) in [7, 11) is 0. The molecule has 0 radical (unpaired) electrons. The number of ether oxygens (including phenoxy) is 4. The van der Waals surface area contributed by atoms with Crippen molar-refractivity contribution in [2.75, 3.05) is 0 Å². The monoisotopic (exact) mass is 646 g/mol. The summed E-state index contributed by atoms with van der Waals surface area (Å²) in [5, 5.41) is 4.42. The van der Waals surface area contributed by atoms with E-state index in [0.29, 0.717) is 24.7 Å². The van der Waals surface area contributed by atoms with Crippen LogP contribution in [0.15, 0.2) is 120 Å². The van der Waals surface area contributed by atoms with Crippen molar-refractivity contribution in [2.24, 2.45) is 11.8 Å². The summed E-state index contributed by atoms with van der Waals surface area (Å²) in [6.07, 6.45) is 6.83. The van der Waals surface area contributed by atoms with Gasteiger partial charge in [-0.15, -0.1) is 0 Å². The van der Waals surface area contributed by atoms with E-state index in [1.54, 1.807) is 52.4 Å². The number of rotatable bonds is 13. The van der Waals surface area contributed by atoms with Crippen molar-refractivity contribution in [3.05, 3.63) is 131 Å². The second-order valence-corrected chi connectivity index (χ2v) is 12.3. The van der Waals surface area contributed by atoms with Gasteiger partial charge in [-0.2, -0.15) is 0 Å². The third kappa shape index (κ3) is 8.62. The number of allylic oxidation sites excluding steroid dienone is 4. The second kappa shape index (κ2) is 16.6. The minimum atomic E-state index is -0.290. The van der Waals surface area contributed by atoms with Gasteiger partial charge in [-0.05, 0) is 83.6 Å². The van der Waals surface area contributed by atoms with Gasteiger partial charge in [0.25, 0.3) is 0 Å². The van der Waals surface area contributed by atoms with Gasteiger partial charge in [-0.1, -0.05) is 100 Å². The Morgan fingerprint density at radius 3 is 1.31 bits per heavy atom. The zero-order chi connectivity index (χ0) is 34.8. The van der Waals surface area contributed by atoms with Gasteiger partial charge in [-0.3, -0.25) is 9.59 Å². The first-order valence-electron chi connectivity index (χ1n) is 16.4. The summed E-state index contributed by atoms with van der Waals surface area (Å²) in [6.45, 7) is 15.2. The highest BCUT2D eigenvalue weighted by Crippen LogP contribution is 2.40. The van der Waals surface area contributed by atoms with Crippen LogP contribution in [0.5, 0.6) is 0 Å². The predicted octanol–water partition coefficient (Wildman–Crippen LogP) is 10.7. The Labute approximate surface area is 284 Å². The highest BCUT2D eigenvalue weighted by molar-refractivity contribution is 6.07. The molecule has 4 aromatic rings. The number of carbonyl (C=O) groups excluding carboxylic acids is 2. The molecule has 0 bridgehead atoms. The fraction of sp³-hybridized carbons (Fsp3) is 0.286. The van der Waals surface area contributed by atoms with Crippen LogP contribution in [-0.4, -0.2) is 11.9 Å². The van der Waals surface area contributed by atoms with Crippen LogP contribution >= 0.6 is 0 Å². The molecular weight excluding hydrogens is 600 g/mol. The first kappa shape index (κ1) is 35.7. The topological polar surface area (TPSA) is 71.1 Å². The zero-order valence-electron chi connectivity index (χ0n) is 29.3. The number of hydrogen-bond donors (Lipinski definition) is 0. The van der Waals surface area contributed by atoms with E-state index in [2.05, 4.69) is 48.5 Å². The molecule has 250 valence electrons. The Bertz CT molecular complexity index is 1770. The lowest BCUT2D eigenvalue weighted by atomic mass is 9.87.